The van der Waals surface area contributed by atoms with Gasteiger partial charge in [-0.25, -0.2) is 0 Å². The lowest BCUT2D eigenvalue weighted by Crippen LogP contribution is -2.00. The SMILES string of the molecule is C=C(C)CSC(C)CCO. The van der Waals surface area contributed by atoms with Crippen molar-refractivity contribution in [3.63, 3.8) is 0 Å². The third-order valence-electron chi connectivity index (χ3n) is 1.15. The molecule has 0 radical (unpaired) electrons. The molecule has 1 nitrogen and oxygen atoms in total. The second-order valence-electron chi connectivity index (χ2n) is 2.59. The zero-order chi connectivity index (χ0) is 7.98. The molecular weight excluding hydrogens is 144 g/mol. The third kappa shape index (κ3) is 6.17. The van der Waals surface area contributed by atoms with Crippen molar-refractivity contribution in [1.29, 1.82) is 0 Å². The second-order valence-corrected chi connectivity index (χ2v) is 4.02. The van der Waals surface area contributed by atoms with Gasteiger partial charge in [0.2, 0.25) is 0 Å². The minimum atomic E-state index is 0.296. The van der Waals surface area contributed by atoms with Crippen molar-refractivity contribution < 1.29 is 5.11 Å². The number of hydrogen-bond donors (Lipinski definition) is 1. The van der Waals surface area contributed by atoms with Gasteiger partial charge < -0.3 is 5.11 Å². The van der Waals surface area contributed by atoms with Crippen LogP contribution in [0.3, 0.4) is 0 Å². The van der Waals surface area contributed by atoms with E-state index in [1.54, 1.807) is 0 Å². The van der Waals surface area contributed by atoms with E-state index in [1.165, 1.54) is 5.57 Å². The molecule has 2 heteroatoms. The lowest BCUT2D eigenvalue weighted by Gasteiger charge is -2.07. The van der Waals surface area contributed by atoms with Gasteiger partial charge in [-0.2, -0.15) is 11.8 Å². The Morgan fingerprint density at radius 2 is 2.30 bits per heavy atom. The molecule has 0 aliphatic carbocycles. The Morgan fingerprint density at radius 3 is 2.70 bits per heavy atom. The molecular formula is C8H16OS. The maximum atomic E-state index is 8.57. The highest BCUT2D eigenvalue weighted by Gasteiger charge is 1.99. The summed E-state index contributed by atoms with van der Waals surface area (Å²) in [6, 6.07) is 0. The molecule has 0 aromatic carbocycles. The van der Waals surface area contributed by atoms with Crippen molar-refractivity contribution in [2.75, 3.05) is 12.4 Å². The lowest BCUT2D eigenvalue weighted by molar-refractivity contribution is 0.289. The number of rotatable bonds is 5. The molecule has 1 atom stereocenters. The summed E-state index contributed by atoms with van der Waals surface area (Å²) < 4.78 is 0. The highest BCUT2D eigenvalue weighted by Crippen LogP contribution is 2.15. The molecule has 10 heavy (non-hydrogen) atoms. The fourth-order valence-corrected chi connectivity index (χ4v) is 1.39. The number of aliphatic hydroxyl groups excluding tert-OH is 1. The highest BCUT2D eigenvalue weighted by molar-refractivity contribution is 8.00. The smallest absolute Gasteiger partial charge is 0.0441 e. The topological polar surface area (TPSA) is 20.2 Å². The largest absolute Gasteiger partial charge is 0.396 e. The van der Waals surface area contributed by atoms with Crippen molar-refractivity contribution in [3.05, 3.63) is 12.2 Å². The Hall–Kier alpha value is 0.0500. The van der Waals surface area contributed by atoms with Crippen molar-refractivity contribution in [2.24, 2.45) is 0 Å². The average Bonchev–Trinajstić information content (AvgIpc) is 1.85. The number of thioether (sulfide) groups is 1. The Morgan fingerprint density at radius 1 is 1.70 bits per heavy atom. The molecule has 0 aromatic rings. The first-order valence-electron chi connectivity index (χ1n) is 3.53. The molecule has 0 rings (SSSR count). The Bertz CT molecular complexity index is 101. The van der Waals surface area contributed by atoms with Crippen LogP contribution in [0.15, 0.2) is 12.2 Å². The van der Waals surface area contributed by atoms with E-state index in [4.69, 9.17) is 5.11 Å². The molecule has 1 unspecified atom stereocenters. The normalized spacial score (nSPS) is 13.1. The van der Waals surface area contributed by atoms with Crippen LogP contribution in [0.1, 0.15) is 20.3 Å². The molecule has 0 saturated carbocycles. The van der Waals surface area contributed by atoms with Crippen LogP contribution in [-0.4, -0.2) is 22.7 Å². The standard InChI is InChI=1S/C8H16OS/c1-7(2)6-10-8(3)4-5-9/h8-9H,1,4-6H2,2-3H3. The molecule has 60 valence electrons. The Balaban J connectivity index is 3.21. The van der Waals surface area contributed by atoms with Crippen molar-refractivity contribution in [1.82, 2.24) is 0 Å². The van der Waals surface area contributed by atoms with E-state index >= 15 is 0 Å². The van der Waals surface area contributed by atoms with Gasteiger partial charge in [0.15, 0.2) is 0 Å². The van der Waals surface area contributed by atoms with Gasteiger partial charge in [0.05, 0.1) is 0 Å². The molecule has 1 N–H and O–H groups in total. The maximum Gasteiger partial charge on any atom is 0.0441 e. The molecule has 0 amide bonds. The maximum absolute atomic E-state index is 8.57. The first-order valence-corrected chi connectivity index (χ1v) is 4.58. The molecule has 0 aliphatic heterocycles. The average molecular weight is 160 g/mol. The lowest BCUT2D eigenvalue weighted by atomic mass is 10.3. The van der Waals surface area contributed by atoms with Crippen LogP contribution in [0.25, 0.3) is 0 Å². The van der Waals surface area contributed by atoms with Gasteiger partial charge in [0.25, 0.3) is 0 Å². The summed E-state index contributed by atoms with van der Waals surface area (Å²) in [6.45, 7) is 8.26. The van der Waals surface area contributed by atoms with E-state index in [-0.39, 0.29) is 0 Å². The summed E-state index contributed by atoms with van der Waals surface area (Å²) in [5.41, 5.74) is 1.20. The van der Waals surface area contributed by atoms with Crippen LogP contribution in [0, 0.1) is 0 Å². The van der Waals surface area contributed by atoms with Gasteiger partial charge in [-0.1, -0.05) is 19.1 Å². The van der Waals surface area contributed by atoms with E-state index in [0.717, 1.165) is 12.2 Å². The van der Waals surface area contributed by atoms with Gasteiger partial charge in [-0.3, -0.25) is 0 Å². The van der Waals surface area contributed by atoms with E-state index < -0.39 is 0 Å². The highest BCUT2D eigenvalue weighted by atomic mass is 32.2. The molecule has 0 aliphatic rings. The van der Waals surface area contributed by atoms with Crippen LogP contribution in [-0.2, 0) is 0 Å². The third-order valence-corrected chi connectivity index (χ3v) is 2.61. The molecule has 0 saturated heterocycles. The fraction of sp³-hybridized carbons (Fsp3) is 0.750. The molecule has 0 aromatic heterocycles. The van der Waals surface area contributed by atoms with Crippen molar-refractivity contribution in [3.8, 4) is 0 Å². The first-order chi connectivity index (χ1) is 4.66. The summed E-state index contributed by atoms with van der Waals surface area (Å²) in [5, 5.41) is 9.12. The fourth-order valence-electron chi connectivity index (χ4n) is 0.550. The Kier molecular flexibility index (Phi) is 5.84. The van der Waals surface area contributed by atoms with Crippen molar-refractivity contribution >= 4 is 11.8 Å². The quantitative estimate of drug-likeness (QED) is 0.621. The number of aliphatic hydroxyl groups is 1. The van der Waals surface area contributed by atoms with E-state index in [0.29, 0.717) is 11.9 Å². The van der Waals surface area contributed by atoms with E-state index in [1.807, 2.05) is 18.7 Å². The summed E-state index contributed by atoms with van der Waals surface area (Å²) in [5.74, 6) is 1.02. The summed E-state index contributed by atoms with van der Waals surface area (Å²) in [6.07, 6.45) is 0.887. The van der Waals surface area contributed by atoms with Crippen LogP contribution in [0.2, 0.25) is 0 Å². The minimum absolute atomic E-state index is 0.296. The van der Waals surface area contributed by atoms with E-state index in [2.05, 4.69) is 13.5 Å². The predicted molar refractivity (Wildman–Crippen MR) is 48.4 cm³/mol. The van der Waals surface area contributed by atoms with Gasteiger partial charge in [0, 0.05) is 17.6 Å². The summed E-state index contributed by atoms with van der Waals surface area (Å²) in [7, 11) is 0. The van der Waals surface area contributed by atoms with Gasteiger partial charge >= 0.3 is 0 Å². The van der Waals surface area contributed by atoms with Gasteiger partial charge in [-0.05, 0) is 13.3 Å². The molecule has 0 spiro atoms. The minimum Gasteiger partial charge on any atom is -0.396 e. The number of hydrogen-bond acceptors (Lipinski definition) is 2. The molecule has 0 bridgehead atoms. The van der Waals surface area contributed by atoms with Gasteiger partial charge in [-0.15, -0.1) is 0 Å². The monoisotopic (exact) mass is 160 g/mol. The second kappa shape index (κ2) is 5.81. The molecule has 0 heterocycles. The summed E-state index contributed by atoms with van der Waals surface area (Å²) in [4.78, 5) is 0. The molecule has 0 fully saturated rings. The van der Waals surface area contributed by atoms with Crippen LogP contribution in [0.4, 0.5) is 0 Å². The first kappa shape index (κ1) is 10.0. The van der Waals surface area contributed by atoms with E-state index in [9.17, 15) is 0 Å². The van der Waals surface area contributed by atoms with Crippen LogP contribution >= 0.6 is 11.8 Å². The van der Waals surface area contributed by atoms with Gasteiger partial charge in [0.1, 0.15) is 0 Å². The zero-order valence-corrected chi connectivity index (χ0v) is 7.58. The summed E-state index contributed by atoms with van der Waals surface area (Å²) >= 11 is 1.85. The van der Waals surface area contributed by atoms with Crippen LogP contribution in [0.5, 0.6) is 0 Å². The van der Waals surface area contributed by atoms with Crippen molar-refractivity contribution in [2.45, 2.75) is 25.5 Å². The Labute approximate surface area is 67.5 Å². The predicted octanol–water partition coefficient (Wildman–Crippen LogP) is 2.07. The zero-order valence-electron chi connectivity index (χ0n) is 6.76. The van der Waals surface area contributed by atoms with Crippen LogP contribution < -0.4 is 0 Å².